The Kier molecular flexibility index (Phi) is 3.93. The highest BCUT2D eigenvalue weighted by molar-refractivity contribution is 8.15. The average molecular weight is 313 g/mol. The van der Waals surface area contributed by atoms with Gasteiger partial charge in [0.25, 0.3) is 0 Å². The molecule has 114 valence electrons. The van der Waals surface area contributed by atoms with Crippen molar-refractivity contribution in [3.63, 3.8) is 0 Å². The molecule has 0 bridgehead atoms. The number of aryl methyl sites for hydroxylation is 1. The molecule has 2 heterocycles. The van der Waals surface area contributed by atoms with E-state index in [4.69, 9.17) is 0 Å². The second-order valence-electron chi connectivity index (χ2n) is 5.65. The van der Waals surface area contributed by atoms with Crippen LogP contribution in [0, 0.1) is 6.92 Å². The topological polar surface area (TPSA) is 57.5 Å². The van der Waals surface area contributed by atoms with Crippen molar-refractivity contribution in [2.24, 2.45) is 5.10 Å². The Morgan fingerprint density at radius 2 is 1.91 bits per heavy atom. The molecule has 0 saturated carbocycles. The monoisotopic (exact) mass is 313 g/mol. The lowest BCUT2D eigenvalue weighted by atomic mass is 10.1. The number of thioether (sulfide) groups is 1. The molecular weight excluding hydrogens is 294 g/mol. The molecule has 0 saturated heterocycles. The molecule has 0 amide bonds. The van der Waals surface area contributed by atoms with Gasteiger partial charge < -0.3 is 5.11 Å². The minimum absolute atomic E-state index is 0.425. The molecule has 22 heavy (non-hydrogen) atoms. The largest absolute Gasteiger partial charge is 0.387 e. The summed E-state index contributed by atoms with van der Waals surface area (Å²) in [6.07, 6.45) is -0.576. The van der Waals surface area contributed by atoms with E-state index in [0.717, 1.165) is 16.3 Å². The maximum absolute atomic E-state index is 9.71. The molecule has 1 aromatic heterocycles. The van der Waals surface area contributed by atoms with Gasteiger partial charge in [-0.25, -0.2) is 0 Å². The first-order valence-corrected chi connectivity index (χ1v) is 8.06. The van der Waals surface area contributed by atoms with Gasteiger partial charge in [-0.1, -0.05) is 47.7 Å². The number of pyridine rings is 1. The molecule has 1 aromatic carbocycles. The quantitative estimate of drug-likeness (QED) is 0.913. The van der Waals surface area contributed by atoms with Crippen molar-refractivity contribution in [3.8, 4) is 0 Å². The summed E-state index contributed by atoms with van der Waals surface area (Å²) in [6, 6.07) is 14.0. The van der Waals surface area contributed by atoms with Crippen LogP contribution in [0.4, 0.5) is 0 Å². The fourth-order valence-electron chi connectivity index (χ4n) is 2.28. The lowest BCUT2D eigenvalue weighted by molar-refractivity contribution is 0.194. The third-order valence-corrected chi connectivity index (χ3v) is 4.89. The van der Waals surface area contributed by atoms with Gasteiger partial charge in [-0.05, 0) is 32.9 Å². The van der Waals surface area contributed by atoms with Crippen LogP contribution in [0.25, 0.3) is 0 Å². The van der Waals surface area contributed by atoms with E-state index in [-0.39, 0.29) is 0 Å². The van der Waals surface area contributed by atoms with Gasteiger partial charge >= 0.3 is 0 Å². The molecule has 2 N–H and O–H groups in total. The minimum atomic E-state index is -0.576. The van der Waals surface area contributed by atoms with Crippen LogP contribution >= 0.6 is 11.8 Å². The Bertz CT molecular complexity index is 712. The molecule has 1 aliphatic rings. The number of aliphatic hydroxyl groups excluding tert-OH is 1. The second kappa shape index (κ2) is 5.74. The molecule has 0 spiro atoms. The molecule has 3 rings (SSSR count). The lowest BCUT2D eigenvalue weighted by Gasteiger charge is -2.23. The van der Waals surface area contributed by atoms with E-state index in [2.05, 4.69) is 53.6 Å². The standard InChI is InChI=1S/C17H19N3OS/c1-11-7-9-13(10-8-11)16-19-20-17(3,22-16)15-6-4-5-14(18-15)12(2)21/h4-10,12,20-21H,1-3H3. The number of hydrazone groups is 1. The zero-order chi connectivity index (χ0) is 15.7. The molecule has 2 atom stereocenters. The summed E-state index contributed by atoms with van der Waals surface area (Å²) < 4.78 is 0. The molecule has 1 aliphatic heterocycles. The fourth-order valence-corrected chi connectivity index (χ4v) is 3.32. The van der Waals surface area contributed by atoms with Crippen LogP contribution in [0.3, 0.4) is 0 Å². The van der Waals surface area contributed by atoms with E-state index in [1.807, 2.05) is 18.2 Å². The van der Waals surface area contributed by atoms with Crippen LogP contribution in [-0.2, 0) is 4.87 Å². The number of hydrogen-bond acceptors (Lipinski definition) is 5. The van der Waals surface area contributed by atoms with E-state index in [1.165, 1.54) is 5.56 Å². The summed E-state index contributed by atoms with van der Waals surface area (Å²) in [6.45, 7) is 5.84. The Balaban J connectivity index is 1.85. The van der Waals surface area contributed by atoms with Gasteiger partial charge in [0.2, 0.25) is 0 Å². The van der Waals surface area contributed by atoms with Gasteiger partial charge in [-0.15, -0.1) is 0 Å². The number of rotatable bonds is 3. The SMILES string of the molecule is Cc1ccc(C2=NNC(C)(c3cccc(C(C)O)n3)S2)cc1. The smallest absolute Gasteiger partial charge is 0.145 e. The van der Waals surface area contributed by atoms with Crippen molar-refractivity contribution in [1.29, 1.82) is 0 Å². The van der Waals surface area contributed by atoms with Crippen molar-refractivity contribution < 1.29 is 5.11 Å². The van der Waals surface area contributed by atoms with Gasteiger partial charge in [0.05, 0.1) is 17.5 Å². The maximum atomic E-state index is 9.71. The van der Waals surface area contributed by atoms with Crippen LogP contribution in [0.2, 0.25) is 0 Å². The fraction of sp³-hybridized carbons (Fsp3) is 0.294. The van der Waals surface area contributed by atoms with Crippen LogP contribution in [0.5, 0.6) is 0 Å². The van der Waals surface area contributed by atoms with Crippen molar-refractivity contribution in [2.45, 2.75) is 31.7 Å². The number of nitrogens with one attached hydrogen (secondary N) is 1. The molecular formula is C17H19N3OS. The van der Waals surface area contributed by atoms with E-state index >= 15 is 0 Å². The lowest BCUT2D eigenvalue weighted by Crippen LogP contribution is -2.30. The summed E-state index contributed by atoms with van der Waals surface area (Å²) in [4.78, 5) is 4.14. The highest BCUT2D eigenvalue weighted by Crippen LogP contribution is 2.39. The third-order valence-electron chi connectivity index (χ3n) is 3.66. The maximum Gasteiger partial charge on any atom is 0.145 e. The van der Waals surface area contributed by atoms with Crippen LogP contribution in [-0.4, -0.2) is 15.1 Å². The third kappa shape index (κ3) is 2.87. The van der Waals surface area contributed by atoms with Crippen molar-refractivity contribution in [1.82, 2.24) is 10.4 Å². The van der Waals surface area contributed by atoms with Gasteiger partial charge in [0, 0.05) is 5.56 Å². The van der Waals surface area contributed by atoms with Crippen LogP contribution in [0.15, 0.2) is 47.6 Å². The zero-order valence-corrected chi connectivity index (χ0v) is 13.7. The highest BCUT2D eigenvalue weighted by Gasteiger charge is 2.36. The summed E-state index contributed by atoms with van der Waals surface area (Å²) in [5, 5.41) is 15.1. The van der Waals surface area contributed by atoms with Gasteiger partial charge in [0.15, 0.2) is 0 Å². The molecule has 2 aromatic rings. The van der Waals surface area contributed by atoms with Gasteiger partial charge in [0.1, 0.15) is 9.91 Å². The molecule has 0 fully saturated rings. The number of aliphatic hydroxyl groups is 1. The minimum Gasteiger partial charge on any atom is -0.387 e. The molecule has 5 heteroatoms. The predicted molar refractivity (Wildman–Crippen MR) is 90.7 cm³/mol. The first-order valence-electron chi connectivity index (χ1n) is 7.24. The number of hydrogen-bond donors (Lipinski definition) is 2. The van der Waals surface area contributed by atoms with Crippen molar-refractivity contribution >= 4 is 16.8 Å². The van der Waals surface area contributed by atoms with Crippen LogP contribution in [0.1, 0.15) is 42.5 Å². The predicted octanol–water partition coefficient (Wildman–Crippen LogP) is 3.31. The highest BCUT2D eigenvalue weighted by atomic mass is 32.2. The van der Waals surface area contributed by atoms with Crippen LogP contribution < -0.4 is 5.43 Å². The Morgan fingerprint density at radius 3 is 2.59 bits per heavy atom. The summed E-state index contributed by atoms with van der Waals surface area (Å²) in [7, 11) is 0. The van der Waals surface area contributed by atoms with E-state index in [9.17, 15) is 5.11 Å². The first kappa shape index (κ1) is 15.1. The molecule has 0 aliphatic carbocycles. The van der Waals surface area contributed by atoms with Gasteiger partial charge in [-0.2, -0.15) is 5.10 Å². The average Bonchev–Trinajstić information content (AvgIpc) is 2.92. The Labute approximate surface area is 134 Å². The van der Waals surface area contributed by atoms with E-state index < -0.39 is 11.0 Å². The van der Waals surface area contributed by atoms with E-state index in [0.29, 0.717) is 5.69 Å². The van der Waals surface area contributed by atoms with E-state index in [1.54, 1.807) is 18.7 Å². The number of aromatic nitrogens is 1. The number of benzene rings is 1. The summed E-state index contributed by atoms with van der Waals surface area (Å²) >= 11 is 1.64. The summed E-state index contributed by atoms with van der Waals surface area (Å²) in [5.74, 6) is 0. The van der Waals surface area contributed by atoms with Gasteiger partial charge in [-0.3, -0.25) is 10.4 Å². The van der Waals surface area contributed by atoms with Crippen molar-refractivity contribution in [2.75, 3.05) is 0 Å². The molecule has 4 nitrogen and oxygen atoms in total. The zero-order valence-electron chi connectivity index (χ0n) is 12.9. The Morgan fingerprint density at radius 1 is 1.18 bits per heavy atom. The number of nitrogens with zero attached hydrogens (tertiary/aromatic N) is 2. The Hall–Kier alpha value is -1.85. The summed E-state index contributed by atoms with van der Waals surface area (Å²) in [5.41, 5.74) is 7.05. The first-order chi connectivity index (χ1) is 10.5. The normalized spacial score (nSPS) is 22.1. The second-order valence-corrected chi connectivity index (χ2v) is 7.06. The molecule has 2 unspecified atom stereocenters. The van der Waals surface area contributed by atoms with Crippen molar-refractivity contribution in [3.05, 3.63) is 65.0 Å². The molecule has 0 radical (unpaired) electrons.